The minimum atomic E-state index is -1.35. The van der Waals surface area contributed by atoms with Crippen molar-refractivity contribution in [1.82, 2.24) is 40.6 Å². The summed E-state index contributed by atoms with van der Waals surface area (Å²) in [7, 11) is 0. The van der Waals surface area contributed by atoms with Crippen LogP contribution in [0, 0.1) is 0 Å². The molecule has 5 rings (SSSR count). The van der Waals surface area contributed by atoms with Gasteiger partial charge in [0.05, 0.1) is 49.9 Å². The molecule has 20 nitrogen and oxygen atoms in total. The fraction of sp³-hybridized carbons (Fsp3) is 0.625. The highest BCUT2D eigenvalue weighted by atomic mass is 16.5. The number of carbonyl (C=O) groups is 2. The van der Waals surface area contributed by atoms with Gasteiger partial charge < -0.3 is 60.2 Å². The van der Waals surface area contributed by atoms with Gasteiger partial charge >= 0.3 is 0 Å². The van der Waals surface area contributed by atoms with Gasteiger partial charge in [-0.3, -0.25) is 19.0 Å². The molecule has 2 amide bonds. The summed E-state index contributed by atoms with van der Waals surface area (Å²) in [5.74, 6) is 0.245. The summed E-state index contributed by atoms with van der Waals surface area (Å²) in [4.78, 5) is 23.4. The topological polar surface area (TPSA) is 278 Å². The number of aryl methyl sites for hydroxylation is 2. The van der Waals surface area contributed by atoms with Crippen molar-refractivity contribution in [3.63, 3.8) is 0 Å². The average Bonchev–Trinajstić information content (AvgIpc) is 3.79. The minimum Gasteiger partial charge on any atom is -0.487 e. The van der Waals surface area contributed by atoms with E-state index in [-0.39, 0.29) is 13.2 Å². The van der Waals surface area contributed by atoms with E-state index >= 15 is 0 Å². The molecule has 1 aromatic carbocycles. The highest BCUT2D eigenvalue weighted by molar-refractivity contribution is 5.73. The normalized spacial score (nSPS) is 29.0. The lowest BCUT2D eigenvalue weighted by molar-refractivity contribution is -0.197. The Morgan fingerprint density at radius 3 is 1.52 bits per heavy atom. The van der Waals surface area contributed by atoms with E-state index in [0.717, 1.165) is 0 Å². The Labute approximate surface area is 298 Å². The van der Waals surface area contributed by atoms with Gasteiger partial charge in [0.1, 0.15) is 72.7 Å². The molecule has 0 saturated carbocycles. The van der Waals surface area contributed by atoms with E-state index in [1.807, 2.05) is 0 Å². The SMILES string of the molecule is CC(=O)N[C@@H]1[C@@H](O)[C@H](O)[C@@H](CO)O[C@H]1CCn1cc(COc2cccc(OCc3cn(CC[C@@H]4O[C@H](CO)[C@@H](O)[C@H](O)[C@H]4NC(C)=O)nn3)c2)nn1. The van der Waals surface area contributed by atoms with Gasteiger partial charge in [0.25, 0.3) is 0 Å². The second kappa shape index (κ2) is 18.0. The molecule has 10 atom stereocenters. The van der Waals surface area contributed by atoms with Crippen LogP contribution in [0.25, 0.3) is 0 Å². The van der Waals surface area contributed by atoms with Crippen molar-refractivity contribution in [3.05, 3.63) is 48.0 Å². The van der Waals surface area contributed by atoms with Crippen LogP contribution < -0.4 is 20.1 Å². The van der Waals surface area contributed by atoms with Crippen molar-refractivity contribution in [2.24, 2.45) is 0 Å². The van der Waals surface area contributed by atoms with Gasteiger partial charge in [0, 0.05) is 33.0 Å². The Morgan fingerprint density at radius 2 is 1.13 bits per heavy atom. The van der Waals surface area contributed by atoms with E-state index in [1.54, 1.807) is 46.0 Å². The number of hydrogen-bond acceptors (Lipinski definition) is 16. The third kappa shape index (κ3) is 9.98. The molecule has 2 aliphatic rings. The van der Waals surface area contributed by atoms with Crippen LogP contribution in [-0.4, -0.2) is 147 Å². The fourth-order valence-electron chi connectivity index (χ4n) is 6.22. The monoisotopic (exact) mass is 734 g/mol. The minimum absolute atomic E-state index is 0.103. The van der Waals surface area contributed by atoms with E-state index in [2.05, 4.69) is 31.3 Å². The first kappa shape index (κ1) is 38.9. The van der Waals surface area contributed by atoms with Gasteiger partial charge in [0.2, 0.25) is 11.8 Å². The van der Waals surface area contributed by atoms with Crippen LogP contribution in [0.15, 0.2) is 36.7 Å². The van der Waals surface area contributed by atoms with Gasteiger partial charge in [-0.05, 0) is 25.0 Å². The average molecular weight is 735 g/mol. The number of aromatic nitrogens is 6. The van der Waals surface area contributed by atoms with Crippen LogP contribution in [0.3, 0.4) is 0 Å². The van der Waals surface area contributed by atoms with Crippen LogP contribution in [0.5, 0.6) is 11.5 Å². The maximum Gasteiger partial charge on any atom is 0.217 e. The molecule has 4 heterocycles. The zero-order valence-electron chi connectivity index (χ0n) is 28.7. The molecule has 20 heteroatoms. The molecular weight excluding hydrogens is 688 g/mol. The number of aliphatic hydroxyl groups excluding tert-OH is 6. The zero-order chi connectivity index (χ0) is 37.4. The van der Waals surface area contributed by atoms with Gasteiger partial charge in [-0.1, -0.05) is 16.5 Å². The first-order valence-electron chi connectivity index (χ1n) is 16.9. The molecule has 0 aliphatic carbocycles. The number of aliphatic hydroxyl groups is 6. The Hall–Kier alpha value is -4.28. The molecule has 0 unspecified atom stereocenters. The first-order chi connectivity index (χ1) is 24.9. The Morgan fingerprint density at radius 1 is 0.712 bits per heavy atom. The van der Waals surface area contributed by atoms with Crippen molar-refractivity contribution in [2.75, 3.05) is 13.2 Å². The standard InChI is InChI=1S/C32H46N8O12/c1-17(43)33-27-23(51-25(13-41)29(45)31(27)47)6-8-39-11-19(35-37-39)15-49-21-4-3-5-22(10-21)50-16-20-12-40(38-36-20)9-7-24-28(34-18(2)44)32(48)30(46)26(14-42)52-24/h3-5,10-12,23-32,41-42,45-48H,6-9,13-16H2,1-2H3,(H,33,43)(H,34,44)/t23-,24-,25+,26+,27-,28-,29+,30+,31+,32+/m0/s1. The first-order valence-corrected chi connectivity index (χ1v) is 16.9. The third-order valence-electron chi connectivity index (χ3n) is 8.83. The highest BCUT2D eigenvalue weighted by Gasteiger charge is 2.45. The molecular formula is C32H46N8O12. The lowest BCUT2D eigenvalue weighted by Crippen LogP contribution is -2.64. The summed E-state index contributed by atoms with van der Waals surface area (Å²) in [5, 5.41) is 82.3. The second-order valence-electron chi connectivity index (χ2n) is 12.8. The summed E-state index contributed by atoms with van der Waals surface area (Å²) >= 11 is 0. The number of hydrogen-bond donors (Lipinski definition) is 8. The Balaban J connectivity index is 1.08. The van der Waals surface area contributed by atoms with Crippen molar-refractivity contribution >= 4 is 11.8 Å². The van der Waals surface area contributed by atoms with Crippen LogP contribution in [-0.2, 0) is 45.4 Å². The molecule has 3 aromatic rings. The van der Waals surface area contributed by atoms with Crippen LogP contribution in [0.4, 0.5) is 0 Å². The summed E-state index contributed by atoms with van der Waals surface area (Å²) in [6.07, 6.45) is -4.74. The zero-order valence-corrected chi connectivity index (χ0v) is 28.7. The number of carbonyl (C=O) groups excluding carboxylic acids is 2. The van der Waals surface area contributed by atoms with E-state index in [0.29, 0.717) is 48.8 Å². The summed E-state index contributed by atoms with van der Waals surface area (Å²) < 4.78 is 26.4. The molecule has 0 bridgehead atoms. The van der Waals surface area contributed by atoms with Crippen LogP contribution in [0.1, 0.15) is 38.1 Å². The van der Waals surface area contributed by atoms with Crippen molar-refractivity contribution < 1.29 is 59.2 Å². The molecule has 0 spiro atoms. The molecule has 2 aromatic heterocycles. The molecule has 286 valence electrons. The molecule has 2 saturated heterocycles. The van der Waals surface area contributed by atoms with Gasteiger partial charge in [-0.25, -0.2) is 0 Å². The summed E-state index contributed by atoms with van der Waals surface area (Å²) in [5.41, 5.74) is 1.07. The number of benzene rings is 1. The summed E-state index contributed by atoms with van der Waals surface area (Å²) in [6, 6.07) is 5.24. The number of rotatable bonds is 16. The van der Waals surface area contributed by atoms with Crippen LogP contribution >= 0.6 is 0 Å². The fourth-order valence-corrected chi connectivity index (χ4v) is 6.22. The number of nitrogens with one attached hydrogen (secondary N) is 2. The smallest absolute Gasteiger partial charge is 0.217 e. The third-order valence-corrected chi connectivity index (χ3v) is 8.83. The van der Waals surface area contributed by atoms with Gasteiger partial charge in [-0.2, -0.15) is 0 Å². The van der Waals surface area contributed by atoms with Gasteiger partial charge in [0.15, 0.2) is 0 Å². The molecule has 2 fully saturated rings. The quantitative estimate of drug-likeness (QED) is 0.0719. The molecule has 0 radical (unpaired) electrons. The number of nitrogens with zero attached hydrogens (tertiary/aromatic N) is 6. The van der Waals surface area contributed by atoms with E-state index in [9.17, 15) is 40.2 Å². The molecule has 8 N–H and O–H groups in total. The molecule has 2 aliphatic heterocycles. The van der Waals surface area contributed by atoms with Gasteiger partial charge in [-0.15, -0.1) is 10.2 Å². The maximum absolute atomic E-state index is 11.7. The summed E-state index contributed by atoms with van der Waals surface area (Å²) in [6.45, 7) is 2.44. The number of amides is 2. The van der Waals surface area contributed by atoms with E-state index in [1.165, 1.54) is 13.8 Å². The predicted octanol–water partition coefficient (Wildman–Crippen LogP) is -3.22. The van der Waals surface area contributed by atoms with Crippen molar-refractivity contribution in [2.45, 2.75) is 114 Å². The van der Waals surface area contributed by atoms with E-state index in [4.69, 9.17) is 18.9 Å². The lowest BCUT2D eigenvalue weighted by atomic mass is 9.91. The van der Waals surface area contributed by atoms with Crippen LogP contribution in [0.2, 0.25) is 0 Å². The Kier molecular flexibility index (Phi) is 13.5. The van der Waals surface area contributed by atoms with Crippen molar-refractivity contribution in [1.29, 1.82) is 0 Å². The second-order valence-corrected chi connectivity index (χ2v) is 12.8. The maximum atomic E-state index is 11.7. The van der Waals surface area contributed by atoms with Crippen molar-refractivity contribution in [3.8, 4) is 11.5 Å². The lowest BCUT2D eigenvalue weighted by Gasteiger charge is -2.42. The largest absolute Gasteiger partial charge is 0.487 e. The Bertz CT molecular complexity index is 1500. The predicted molar refractivity (Wildman–Crippen MR) is 175 cm³/mol. The molecule has 52 heavy (non-hydrogen) atoms. The van der Waals surface area contributed by atoms with E-state index < -0.39 is 85.9 Å². The highest BCUT2D eigenvalue weighted by Crippen LogP contribution is 2.26. The number of ether oxygens (including phenoxy) is 4.